The third kappa shape index (κ3) is 1.59. The van der Waals surface area contributed by atoms with Gasteiger partial charge in [-0.05, 0) is 60.3 Å². The molecule has 0 aliphatic heterocycles. The summed E-state index contributed by atoms with van der Waals surface area (Å²) in [6.45, 7) is 10.4. The van der Waals surface area contributed by atoms with Crippen molar-refractivity contribution in [2.24, 2.45) is 34.0 Å². The molecule has 4 heteroatoms. The van der Waals surface area contributed by atoms with Gasteiger partial charge in [-0.3, -0.25) is 4.79 Å². The van der Waals surface area contributed by atoms with Crippen molar-refractivity contribution in [1.29, 1.82) is 0 Å². The molecule has 1 spiro atoms. The first-order valence-corrected chi connectivity index (χ1v) is 9.37. The molecule has 0 radical (unpaired) electrons. The van der Waals surface area contributed by atoms with Crippen molar-refractivity contribution in [3.05, 3.63) is 12.2 Å². The number of aliphatic hydroxyl groups excluding tert-OH is 3. The summed E-state index contributed by atoms with van der Waals surface area (Å²) in [6, 6.07) is 0. The molecule has 0 amide bonds. The standard InChI is InChI=1S/C20H30O4/c1-10-11-5-6-12-19(4)8-7-14(21)18(2,3)13(19)9-15(22)20(12,16(10)23)17(11)24/h11-15,17,21-22,24H,1,5-9H2,2-4H3/t11-,12-,13+,14+,15+,17+,19-,20-/m0/s1. The zero-order chi connectivity index (χ0) is 17.7. The second-order valence-electron chi connectivity index (χ2n) is 9.65. The molecular formula is C20H30O4. The molecule has 134 valence electrons. The van der Waals surface area contributed by atoms with Crippen molar-refractivity contribution in [3.8, 4) is 0 Å². The van der Waals surface area contributed by atoms with Crippen LogP contribution in [0.4, 0.5) is 0 Å². The van der Waals surface area contributed by atoms with E-state index in [0.717, 1.165) is 25.7 Å². The third-order valence-electron chi connectivity index (χ3n) is 8.66. The Balaban J connectivity index is 1.87. The van der Waals surface area contributed by atoms with Crippen LogP contribution in [0.1, 0.15) is 52.9 Å². The first kappa shape index (κ1) is 16.7. The summed E-state index contributed by atoms with van der Waals surface area (Å²) < 4.78 is 0. The summed E-state index contributed by atoms with van der Waals surface area (Å²) in [4.78, 5) is 13.1. The Bertz CT molecular complexity index is 611. The van der Waals surface area contributed by atoms with Gasteiger partial charge in [0.1, 0.15) is 0 Å². The number of hydrogen-bond acceptors (Lipinski definition) is 4. The van der Waals surface area contributed by atoms with Crippen LogP contribution in [0.2, 0.25) is 0 Å². The van der Waals surface area contributed by atoms with Gasteiger partial charge in [-0.1, -0.05) is 27.4 Å². The maximum Gasteiger partial charge on any atom is 0.170 e. The summed E-state index contributed by atoms with van der Waals surface area (Å²) in [5, 5.41) is 32.6. The van der Waals surface area contributed by atoms with Crippen LogP contribution in [-0.4, -0.2) is 39.4 Å². The molecule has 0 heterocycles. The van der Waals surface area contributed by atoms with E-state index in [1.165, 1.54) is 0 Å². The number of hydrogen-bond donors (Lipinski definition) is 3. The van der Waals surface area contributed by atoms with Crippen molar-refractivity contribution < 1.29 is 20.1 Å². The second-order valence-corrected chi connectivity index (χ2v) is 9.65. The van der Waals surface area contributed by atoms with Gasteiger partial charge < -0.3 is 15.3 Å². The van der Waals surface area contributed by atoms with Crippen LogP contribution >= 0.6 is 0 Å². The summed E-state index contributed by atoms with van der Waals surface area (Å²) in [5.74, 6) is -0.183. The lowest BCUT2D eigenvalue weighted by atomic mass is 9.39. The van der Waals surface area contributed by atoms with Crippen molar-refractivity contribution >= 4 is 5.78 Å². The molecule has 4 aliphatic carbocycles. The topological polar surface area (TPSA) is 77.8 Å². The lowest BCUT2D eigenvalue weighted by molar-refractivity contribution is -0.239. The number of carbonyl (C=O) groups excluding carboxylic acids is 1. The molecule has 0 aromatic heterocycles. The Kier molecular flexibility index (Phi) is 3.29. The second kappa shape index (κ2) is 4.72. The van der Waals surface area contributed by atoms with E-state index >= 15 is 0 Å². The summed E-state index contributed by atoms with van der Waals surface area (Å²) in [5.41, 5.74) is -0.991. The van der Waals surface area contributed by atoms with Gasteiger partial charge in [0.2, 0.25) is 0 Å². The Hall–Kier alpha value is -0.710. The smallest absolute Gasteiger partial charge is 0.170 e. The first-order chi connectivity index (χ1) is 11.1. The van der Waals surface area contributed by atoms with Crippen molar-refractivity contribution in [2.75, 3.05) is 0 Å². The molecule has 3 N–H and O–H groups in total. The molecule has 4 saturated carbocycles. The van der Waals surface area contributed by atoms with Crippen LogP contribution in [-0.2, 0) is 4.79 Å². The van der Waals surface area contributed by atoms with E-state index in [0.29, 0.717) is 12.0 Å². The highest BCUT2D eigenvalue weighted by atomic mass is 16.3. The molecule has 0 aromatic carbocycles. The molecule has 8 atom stereocenters. The van der Waals surface area contributed by atoms with Crippen LogP contribution in [0.5, 0.6) is 0 Å². The largest absolute Gasteiger partial charge is 0.393 e. The summed E-state index contributed by atoms with van der Waals surface area (Å²) >= 11 is 0. The Morgan fingerprint density at radius 1 is 1.00 bits per heavy atom. The number of Topliss-reactive ketones (excluding diaryl/α,β-unsaturated/α-hetero) is 1. The molecule has 4 aliphatic rings. The van der Waals surface area contributed by atoms with Crippen LogP contribution in [0, 0.1) is 34.0 Å². The Morgan fingerprint density at radius 3 is 2.33 bits per heavy atom. The van der Waals surface area contributed by atoms with Crippen LogP contribution in [0.25, 0.3) is 0 Å². The van der Waals surface area contributed by atoms with E-state index < -0.39 is 17.6 Å². The van der Waals surface area contributed by atoms with E-state index in [1.807, 2.05) is 0 Å². The molecule has 4 fully saturated rings. The van der Waals surface area contributed by atoms with Gasteiger partial charge in [0, 0.05) is 5.92 Å². The zero-order valence-electron chi connectivity index (χ0n) is 15.0. The fourth-order valence-corrected chi connectivity index (χ4v) is 7.33. The average molecular weight is 334 g/mol. The maximum absolute atomic E-state index is 13.1. The first-order valence-electron chi connectivity index (χ1n) is 9.37. The number of rotatable bonds is 0. The van der Waals surface area contributed by atoms with Gasteiger partial charge in [0.05, 0.1) is 23.7 Å². The van der Waals surface area contributed by atoms with Crippen LogP contribution in [0.15, 0.2) is 12.2 Å². The maximum atomic E-state index is 13.1. The highest BCUT2D eigenvalue weighted by Crippen LogP contribution is 2.70. The quantitative estimate of drug-likeness (QED) is 0.593. The zero-order valence-corrected chi connectivity index (χ0v) is 15.0. The van der Waals surface area contributed by atoms with Crippen molar-refractivity contribution in [2.45, 2.75) is 71.2 Å². The molecule has 0 saturated heterocycles. The van der Waals surface area contributed by atoms with Gasteiger partial charge in [-0.25, -0.2) is 0 Å². The number of aliphatic hydroxyl groups is 3. The minimum absolute atomic E-state index is 0.0384. The fraction of sp³-hybridized carbons (Fsp3) is 0.850. The van der Waals surface area contributed by atoms with Gasteiger partial charge in [0.15, 0.2) is 5.78 Å². The van der Waals surface area contributed by atoms with E-state index in [1.54, 1.807) is 0 Å². The Morgan fingerprint density at radius 2 is 1.67 bits per heavy atom. The predicted molar refractivity (Wildman–Crippen MR) is 90.0 cm³/mol. The molecular weight excluding hydrogens is 304 g/mol. The Labute approximate surface area is 144 Å². The lowest BCUT2D eigenvalue weighted by Crippen LogP contribution is -2.68. The number of fused-ring (bicyclic) bond motifs is 3. The molecule has 4 nitrogen and oxygen atoms in total. The minimum atomic E-state index is -1.07. The summed E-state index contributed by atoms with van der Waals surface area (Å²) in [6.07, 6.45) is 1.62. The van der Waals surface area contributed by atoms with Gasteiger partial charge in [0.25, 0.3) is 0 Å². The molecule has 0 aromatic rings. The van der Waals surface area contributed by atoms with Crippen molar-refractivity contribution in [1.82, 2.24) is 0 Å². The normalized spacial score (nSPS) is 55.9. The van der Waals surface area contributed by atoms with Crippen molar-refractivity contribution in [3.63, 3.8) is 0 Å². The van der Waals surface area contributed by atoms with E-state index in [2.05, 4.69) is 27.4 Å². The van der Waals surface area contributed by atoms with Crippen LogP contribution < -0.4 is 0 Å². The monoisotopic (exact) mass is 334 g/mol. The number of ketones is 1. The summed E-state index contributed by atoms with van der Waals surface area (Å²) in [7, 11) is 0. The van der Waals surface area contributed by atoms with E-state index in [9.17, 15) is 20.1 Å². The highest BCUT2D eigenvalue weighted by Gasteiger charge is 2.74. The fourth-order valence-electron chi connectivity index (χ4n) is 7.33. The van der Waals surface area contributed by atoms with Crippen LogP contribution in [0.3, 0.4) is 0 Å². The van der Waals surface area contributed by atoms with E-state index in [-0.39, 0.29) is 40.5 Å². The van der Waals surface area contributed by atoms with Gasteiger partial charge >= 0.3 is 0 Å². The predicted octanol–water partition coefficient (Wildman–Crippen LogP) is 2.07. The third-order valence-corrected chi connectivity index (χ3v) is 8.66. The minimum Gasteiger partial charge on any atom is -0.393 e. The molecule has 24 heavy (non-hydrogen) atoms. The number of carbonyl (C=O) groups is 1. The molecule has 0 unspecified atom stereocenters. The molecule has 2 bridgehead atoms. The molecule has 4 rings (SSSR count). The lowest BCUT2D eigenvalue weighted by Gasteiger charge is -2.66. The average Bonchev–Trinajstić information content (AvgIpc) is 2.64. The highest BCUT2D eigenvalue weighted by molar-refractivity contribution is 6.04. The van der Waals surface area contributed by atoms with E-state index in [4.69, 9.17) is 0 Å². The van der Waals surface area contributed by atoms with Gasteiger partial charge in [-0.2, -0.15) is 0 Å². The SMILES string of the molecule is C=C1C(=O)[C@@]23[C@H](O)C[C@@H]4C(C)(C)[C@H](O)CC[C@@]4(C)[C@@H]2CC[C@@H]1[C@H]3O. The van der Waals surface area contributed by atoms with Gasteiger partial charge in [-0.15, -0.1) is 0 Å².